The van der Waals surface area contributed by atoms with Crippen molar-refractivity contribution in [2.75, 3.05) is 0 Å². The molecule has 0 saturated carbocycles. The number of aromatic nitrogens is 1. The van der Waals surface area contributed by atoms with Gasteiger partial charge in [0.2, 0.25) is 0 Å². The van der Waals surface area contributed by atoms with E-state index < -0.39 is 0 Å². The largest absolute Gasteiger partial charge is 0.256 e. The highest BCUT2D eigenvalue weighted by atomic mass is 32.1. The molecule has 2 aromatic heterocycles. The van der Waals surface area contributed by atoms with Gasteiger partial charge >= 0.3 is 0 Å². The summed E-state index contributed by atoms with van der Waals surface area (Å²) >= 11 is 1.84. The Labute approximate surface area is 240 Å². The molecule has 0 amide bonds. The first-order valence-corrected chi connectivity index (χ1v) is 14.8. The van der Waals surface area contributed by atoms with Gasteiger partial charge in [0, 0.05) is 31.8 Å². The fraction of sp³-hybridized carbons (Fsp3) is 0. The predicted molar refractivity (Wildman–Crippen MR) is 178 cm³/mol. The molecule has 7 aromatic carbocycles. The molecule has 1 nitrogen and oxygen atoms in total. The zero-order chi connectivity index (χ0) is 26.9. The van der Waals surface area contributed by atoms with Gasteiger partial charge < -0.3 is 0 Å². The molecule has 0 aliphatic carbocycles. The maximum Gasteiger partial charge on any atom is 0.0795 e. The van der Waals surface area contributed by atoms with Crippen LogP contribution in [-0.2, 0) is 0 Å². The minimum absolute atomic E-state index is 1.08. The Morgan fingerprint density at radius 3 is 1.71 bits per heavy atom. The molecular formula is C39H23NS. The Hall–Kier alpha value is -5.05. The minimum atomic E-state index is 1.08. The van der Waals surface area contributed by atoms with Gasteiger partial charge in [-0.1, -0.05) is 97.1 Å². The average Bonchev–Trinajstić information content (AvgIpc) is 3.43. The van der Waals surface area contributed by atoms with Crippen LogP contribution in [0.2, 0.25) is 0 Å². The van der Waals surface area contributed by atoms with Gasteiger partial charge in [0.15, 0.2) is 0 Å². The number of hydrogen-bond acceptors (Lipinski definition) is 2. The molecule has 0 saturated heterocycles. The molecule has 0 aliphatic heterocycles. The molecule has 0 atom stereocenters. The van der Waals surface area contributed by atoms with Crippen molar-refractivity contribution in [3.05, 3.63) is 140 Å². The van der Waals surface area contributed by atoms with Gasteiger partial charge in [-0.15, -0.1) is 11.3 Å². The fourth-order valence-corrected chi connectivity index (χ4v) is 7.64. The number of rotatable bonds is 2. The monoisotopic (exact) mass is 537 g/mol. The van der Waals surface area contributed by atoms with Crippen molar-refractivity contribution in [1.29, 1.82) is 0 Å². The summed E-state index contributed by atoms with van der Waals surface area (Å²) in [7, 11) is 0. The third kappa shape index (κ3) is 3.45. The molecule has 0 fully saturated rings. The summed E-state index contributed by atoms with van der Waals surface area (Å²) in [4.78, 5) is 4.76. The lowest BCUT2D eigenvalue weighted by atomic mass is 9.91. The van der Waals surface area contributed by atoms with E-state index >= 15 is 0 Å². The quantitative estimate of drug-likeness (QED) is 0.200. The number of nitrogens with zero attached hydrogens (tertiary/aromatic N) is 1. The second kappa shape index (κ2) is 8.72. The average molecular weight is 538 g/mol. The lowest BCUT2D eigenvalue weighted by molar-refractivity contribution is 1.43. The molecular weight excluding hydrogens is 515 g/mol. The van der Waals surface area contributed by atoms with E-state index in [0.29, 0.717) is 0 Å². The fourth-order valence-electron chi connectivity index (χ4n) is 6.55. The van der Waals surface area contributed by atoms with Gasteiger partial charge in [0.05, 0.1) is 5.52 Å². The van der Waals surface area contributed by atoms with Crippen molar-refractivity contribution >= 4 is 74.7 Å². The van der Waals surface area contributed by atoms with Crippen molar-refractivity contribution in [3.8, 4) is 22.3 Å². The van der Waals surface area contributed by atoms with Gasteiger partial charge in [-0.3, -0.25) is 4.98 Å². The predicted octanol–water partition coefficient (Wildman–Crippen LogP) is 11.4. The second-order valence-electron chi connectivity index (χ2n) is 10.8. The van der Waals surface area contributed by atoms with E-state index in [-0.39, 0.29) is 0 Å². The number of benzene rings is 7. The van der Waals surface area contributed by atoms with Crippen LogP contribution in [0.15, 0.2) is 140 Å². The summed E-state index contributed by atoms with van der Waals surface area (Å²) in [5.41, 5.74) is 5.99. The number of fused-ring (bicyclic) bond motifs is 11. The van der Waals surface area contributed by atoms with Crippen LogP contribution in [0.4, 0.5) is 0 Å². The van der Waals surface area contributed by atoms with Crippen LogP contribution >= 0.6 is 11.3 Å². The molecule has 2 heterocycles. The highest BCUT2D eigenvalue weighted by Gasteiger charge is 2.13. The Kier molecular flexibility index (Phi) is 4.84. The SMILES string of the molecule is c1cc(-c2ccc3c4ccccc4c4ccccc4c3c2)cc(-c2ccc3sc4ccc5cccnc5c4c3c2)c1. The maximum absolute atomic E-state index is 4.76. The number of thiophene rings is 1. The van der Waals surface area contributed by atoms with E-state index in [1.54, 1.807) is 0 Å². The molecule has 9 aromatic rings. The van der Waals surface area contributed by atoms with E-state index in [2.05, 4.69) is 127 Å². The third-order valence-electron chi connectivity index (χ3n) is 8.48. The molecule has 9 rings (SSSR count). The first kappa shape index (κ1) is 22.7. The van der Waals surface area contributed by atoms with E-state index in [4.69, 9.17) is 4.98 Å². The van der Waals surface area contributed by atoms with E-state index in [1.807, 2.05) is 23.6 Å². The van der Waals surface area contributed by atoms with E-state index in [0.717, 1.165) is 5.52 Å². The van der Waals surface area contributed by atoms with Gasteiger partial charge in [0.25, 0.3) is 0 Å². The van der Waals surface area contributed by atoms with Crippen molar-refractivity contribution in [1.82, 2.24) is 4.98 Å². The van der Waals surface area contributed by atoms with Crippen LogP contribution < -0.4 is 0 Å². The highest BCUT2D eigenvalue weighted by molar-refractivity contribution is 7.26. The van der Waals surface area contributed by atoms with Crippen molar-refractivity contribution in [2.45, 2.75) is 0 Å². The van der Waals surface area contributed by atoms with Crippen LogP contribution in [0.25, 0.3) is 85.6 Å². The van der Waals surface area contributed by atoms with Gasteiger partial charge in [-0.25, -0.2) is 0 Å². The van der Waals surface area contributed by atoms with Crippen LogP contribution in [0, 0.1) is 0 Å². The Morgan fingerprint density at radius 1 is 0.390 bits per heavy atom. The Bertz CT molecular complexity index is 2450. The normalized spacial score (nSPS) is 11.9. The lowest BCUT2D eigenvalue weighted by Gasteiger charge is -2.12. The summed E-state index contributed by atoms with van der Waals surface area (Å²) in [5.74, 6) is 0. The highest BCUT2D eigenvalue weighted by Crippen LogP contribution is 2.41. The van der Waals surface area contributed by atoms with E-state index in [9.17, 15) is 0 Å². The summed E-state index contributed by atoms with van der Waals surface area (Å²) in [6, 6.07) is 48.9. The molecule has 0 N–H and O–H groups in total. The first-order valence-electron chi connectivity index (χ1n) is 14.0. The minimum Gasteiger partial charge on any atom is -0.256 e. The maximum atomic E-state index is 4.76. The zero-order valence-corrected chi connectivity index (χ0v) is 23.0. The number of pyridine rings is 1. The van der Waals surface area contributed by atoms with Crippen LogP contribution in [-0.4, -0.2) is 4.98 Å². The lowest BCUT2D eigenvalue weighted by Crippen LogP contribution is -1.86. The van der Waals surface area contributed by atoms with Gasteiger partial charge in [-0.2, -0.15) is 0 Å². The molecule has 2 heteroatoms. The van der Waals surface area contributed by atoms with Crippen LogP contribution in [0.5, 0.6) is 0 Å². The Balaban J connectivity index is 1.22. The van der Waals surface area contributed by atoms with Gasteiger partial charge in [-0.05, 0) is 91.0 Å². The second-order valence-corrected chi connectivity index (χ2v) is 11.8. The molecule has 0 bridgehead atoms. The van der Waals surface area contributed by atoms with Crippen molar-refractivity contribution < 1.29 is 0 Å². The van der Waals surface area contributed by atoms with E-state index in [1.165, 1.54) is 80.1 Å². The molecule has 41 heavy (non-hydrogen) atoms. The van der Waals surface area contributed by atoms with Crippen molar-refractivity contribution in [3.63, 3.8) is 0 Å². The van der Waals surface area contributed by atoms with Crippen molar-refractivity contribution in [2.24, 2.45) is 0 Å². The summed E-state index contributed by atoms with van der Waals surface area (Å²) in [6.07, 6.45) is 1.90. The Morgan fingerprint density at radius 2 is 0.976 bits per heavy atom. The zero-order valence-electron chi connectivity index (χ0n) is 22.1. The standard InChI is InChI=1S/C39H23NS/c1-2-12-31-29(10-1)30-11-3-4-13-32(30)34-22-27(14-17-33(31)34)25-7-5-8-26(21-25)28-16-18-36-35(23-28)38-37(41-36)19-15-24-9-6-20-40-39(24)38/h1-23H. The molecule has 190 valence electrons. The molecule has 0 radical (unpaired) electrons. The summed E-state index contributed by atoms with van der Waals surface area (Å²) < 4.78 is 2.58. The number of hydrogen-bond donors (Lipinski definition) is 0. The third-order valence-corrected chi connectivity index (χ3v) is 9.61. The smallest absolute Gasteiger partial charge is 0.0795 e. The molecule has 0 spiro atoms. The molecule has 0 aliphatic rings. The van der Waals surface area contributed by atoms with Crippen LogP contribution in [0.3, 0.4) is 0 Å². The first-order chi connectivity index (χ1) is 20.3. The van der Waals surface area contributed by atoms with Crippen LogP contribution in [0.1, 0.15) is 0 Å². The summed E-state index contributed by atoms with van der Waals surface area (Å²) in [6.45, 7) is 0. The molecule has 0 unspecified atom stereocenters. The van der Waals surface area contributed by atoms with Gasteiger partial charge in [0.1, 0.15) is 0 Å². The topological polar surface area (TPSA) is 12.9 Å². The summed E-state index contributed by atoms with van der Waals surface area (Å²) in [5, 5.41) is 11.5.